The number of aliphatic carboxylic acids is 1. The van der Waals surface area contributed by atoms with Gasteiger partial charge in [0.2, 0.25) is 0 Å². The van der Waals surface area contributed by atoms with Gasteiger partial charge in [-0.3, -0.25) is 0 Å². The van der Waals surface area contributed by atoms with Crippen molar-refractivity contribution in [2.45, 2.75) is 5.92 Å². The second kappa shape index (κ2) is 6.22. The van der Waals surface area contributed by atoms with Gasteiger partial charge >= 0.3 is 5.97 Å². The first-order valence-corrected chi connectivity index (χ1v) is 6.95. The van der Waals surface area contributed by atoms with Gasteiger partial charge in [-0.2, -0.15) is 0 Å². The van der Waals surface area contributed by atoms with Gasteiger partial charge in [-0.25, -0.2) is 4.79 Å². The number of ether oxygens (including phenoxy) is 1. The lowest BCUT2D eigenvalue weighted by atomic mass is 9.92. The summed E-state index contributed by atoms with van der Waals surface area (Å²) in [7, 11) is 0. The van der Waals surface area contributed by atoms with Gasteiger partial charge in [0.25, 0.3) is 0 Å². The molecule has 0 spiro atoms. The van der Waals surface area contributed by atoms with Crippen LogP contribution in [0.4, 0.5) is 0 Å². The topological polar surface area (TPSA) is 78.1 Å². The van der Waals surface area contributed by atoms with E-state index in [9.17, 15) is 4.79 Å². The van der Waals surface area contributed by atoms with Crippen molar-refractivity contribution < 1.29 is 14.6 Å². The Morgan fingerprint density at radius 2 is 1.59 bits per heavy atom. The van der Waals surface area contributed by atoms with Crippen molar-refractivity contribution in [1.82, 2.24) is 9.97 Å². The summed E-state index contributed by atoms with van der Waals surface area (Å²) in [5, 5.41) is 8.63. The van der Waals surface area contributed by atoms with E-state index in [-0.39, 0.29) is 12.5 Å². The lowest BCUT2D eigenvalue weighted by Gasteiger charge is -2.16. The summed E-state index contributed by atoms with van der Waals surface area (Å²) in [6.07, 6.45) is 3.80. The standard InChI is InChI=1S/C17H16N2O3/c20-16(21)11-22-13-7-5-12(6-8-13)17(14-3-1-9-18-14)15-4-2-10-19-15/h1-10,17-19H,11H2,(H,20,21). The number of hydrogen-bond acceptors (Lipinski definition) is 2. The van der Waals surface area contributed by atoms with E-state index in [2.05, 4.69) is 9.97 Å². The fourth-order valence-electron chi connectivity index (χ4n) is 2.48. The number of carboxylic acids is 1. The zero-order valence-electron chi connectivity index (χ0n) is 11.8. The Labute approximate surface area is 127 Å². The highest BCUT2D eigenvalue weighted by atomic mass is 16.5. The number of H-pyrrole nitrogens is 2. The third-order valence-corrected chi connectivity index (χ3v) is 3.44. The van der Waals surface area contributed by atoms with Crippen LogP contribution in [0.15, 0.2) is 60.9 Å². The molecule has 0 saturated heterocycles. The summed E-state index contributed by atoms with van der Waals surface area (Å²) in [6.45, 7) is -0.337. The van der Waals surface area contributed by atoms with Crippen LogP contribution in [0.5, 0.6) is 5.75 Å². The molecule has 0 bridgehead atoms. The van der Waals surface area contributed by atoms with Crippen LogP contribution < -0.4 is 4.74 Å². The summed E-state index contributed by atoms with van der Waals surface area (Å²) < 4.78 is 5.17. The van der Waals surface area contributed by atoms with Gasteiger partial charge < -0.3 is 19.8 Å². The van der Waals surface area contributed by atoms with E-state index in [0.717, 1.165) is 17.0 Å². The van der Waals surface area contributed by atoms with Gasteiger partial charge in [0.05, 0.1) is 5.92 Å². The Bertz CT molecular complexity index is 682. The Balaban J connectivity index is 1.87. The minimum atomic E-state index is -0.986. The first-order chi connectivity index (χ1) is 10.7. The van der Waals surface area contributed by atoms with Crippen LogP contribution in [0.25, 0.3) is 0 Å². The predicted octanol–water partition coefficient (Wildman–Crippen LogP) is 2.99. The van der Waals surface area contributed by atoms with E-state index >= 15 is 0 Å². The maximum atomic E-state index is 10.5. The molecule has 1 aromatic carbocycles. The normalized spacial score (nSPS) is 10.8. The Morgan fingerprint density at radius 3 is 2.05 bits per heavy atom. The summed E-state index contributed by atoms with van der Waals surface area (Å²) in [5.74, 6) is -0.374. The molecule has 0 saturated carbocycles. The van der Waals surface area contributed by atoms with Crippen molar-refractivity contribution in [3.63, 3.8) is 0 Å². The number of rotatable bonds is 6. The van der Waals surface area contributed by atoms with Crippen LogP contribution >= 0.6 is 0 Å². The zero-order valence-corrected chi connectivity index (χ0v) is 11.8. The van der Waals surface area contributed by atoms with Gasteiger partial charge in [0.15, 0.2) is 6.61 Å². The lowest BCUT2D eigenvalue weighted by Crippen LogP contribution is -2.09. The van der Waals surface area contributed by atoms with Crippen molar-refractivity contribution in [2.24, 2.45) is 0 Å². The fourth-order valence-corrected chi connectivity index (χ4v) is 2.48. The molecule has 0 radical (unpaired) electrons. The van der Waals surface area contributed by atoms with Crippen molar-refractivity contribution in [1.29, 1.82) is 0 Å². The van der Waals surface area contributed by atoms with Gasteiger partial charge in [0, 0.05) is 23.8 Å². The van der Waals surface area contributed by atoms with E-state index in [0.29, 0.717) is 5.75 Å². The molecule has 0 aliphatic carbocycles. The molecular formula is C17H16N2O3. The number of benzene rings is 1. The predicted molar refractivity (Wildman–Crippen MR) is 82.1 cm³/mol. The van der Waals surface area contributed by atoms with Crippen molar-refractivity contribution in [3.8, 4) is 5.75 Å². The molecular weight excluding hydrogens is 280 g/mol. The van der Waals surface area contributed by atoms with Crippen LogP contribution in [0, 0.1) is 0 Å². The number of aromatic nitrogens is 2. The molecule has 2 heterocycles. The third-order valence-electron chi connectivity index (χ3n) is 3.44. The summed E-state index contributed by atoms with van der Waals surface area (Å²) in [6, 6.07) is 15.5. The van der Waals surface area contributed by atoms with Crippen LogP contribution in [-0.4, -0.2) is 27.7 Å². The number of carboxylic acid groups (broad SMARTS) is 1. The SMILES string of the molecule is O=C(O)COc1ccc(C(c2ccc[nH]2)c2ccc[nH]2)cc1. The number of nitrogens with one attached hydrogen (secondary N) is 2. The Morgan fingerprint density at radius 1 is 1.00 bits per heavy atom. The minimum absolute atomic E-state index is 0.0681. The van der Waals surface area contributed by atoms with Crippen LogP contribution in [0.2, 0.25) is 0 Å². The molecule has 0 amide bonds. The van der Waals surface area contributed by atoms with E-state index < -0.39 is 5.97 Å². The molecule has 0 aliphatic rings. The molecule has 0 aliphatic heterocycles. The number of carbonyl (C=O) groups is 1. The first kappa shape index (κ1) is 14.0. The molecule has 3 rings (SSSR count). The molecule has 0 unspecified atom stereocenters. The number of aromatic amines is 2. The number of hydrogen-bond donors (Lipinski definition) is 3. The summed E-state index contributed by atoms with van der Waals surface area (Å²) in [4.78, 5) is 17.0. The smallest absolute Gasteiger partial charge is 0.341 e. The highest BCUT2D eigenvalue weighted by Gasteiger charge is 2.18. The monoisotopic (exact) mass is 296 g/mol. The van der Waals surface area contributed by atoms with Gasteiger partial charge in [-0.05, 0) is 42.0 Å². The highest BCUT2D eigenvalue weighted by molar-refractivity contribution is 5.68. The average molecular weight is 296 g/mol. The van der Waals surface area contributed by atoms with Crippen LogP contribution in [-0.2, 0) is 4.79 Å². The van der Waals surface area contributed by atoms with Crippen LogP contribution in [0.1, 0.15) is 22.9 Å². The molecule has 0 fully saturated rings. The van der Waals surface area contributed by atoms with Crippen molar-refractivity contribution in [2.75, 3.05) is 6.61 Å². The van der Waals surface area contributed by atoms with Gasteiger partial charge in [-0.1, -0.05) is 12.1 Å². The van der Waals surface area contributed by atoms with E-state index in [1.165, 1.54) is 0 Å². The molecule has 22 heavy (non-hydrogen) atoms. The molecule has 2 aromatic heterocycles. The zero-order chi connectivity index (χ0) is 15.4. The molecule has 5 nitrogen and oxygen atoms in total. The fraction of sp³-hybridized carbons (Fsp3) is 0.118. The van der Waals surface area contributed by atoms with E-state index in [4.69, 9.17) is 9.84 Å². The highest BCUT2D eigenvalue weighted by Crippen LogP contribution is 2.30. The molecule has 3 N–H and O–H groups in total. The van der Waals surface area contributed by atoms with Crippen molar-refractivity contribution in [3.05, 3.63) is 77.9 Å². The summed E-state index contributed by atoms with van der Waals surface area (Å²) >= 11 is 0. The molecule has 5 heteroatoms. The van der Waals surface area contributed by atoms with Crippen LogP contribution in [0.3, 0.4) is 0 Å². The average Bonchev–Trinajstić information content (AvgIpc) is 3.20. The maximum absolute atomic E-state index is 10.5. The second-order valence-corrected chi connectivity index (χ2v) is 4.94. The largest absolute Gasteiger partial charge is 0.482 e. The summed E-state index contributed by atoms with van der Waals surface area (Å²) in [5.41, 5.74) is 3.26. The Hall–Kier alpha value is -2.95. The van der Waals surface area contributed by atoms with E-state index in [1.807, 2.05) is 48.8 Å². The third kappa shape index (κ3) is 3.03. The molecule has 112 valence electrons. The first-order valence-electron chi connectivity index (χ1n) is 6.95. The quantitative estimate of drug-likeness (QED) is 0.654. The molecule has 0 atom stereocenters. The van der Waals surface area contributed by atoms with E-state index in [1.54, 1.807) is 12.1 Å². The Kier molecular flexibility index (Phi) is 3.96. The lowest BCUT2D eigenvalue weighted by molar-refractivity contribution is -0.139. The minimum Gasteiger partial charge on any atom is -0.482 e. The van der Waals surface area contributed by atoms with Gasteiger partial charge in [0.1, 0.15) is 5.75 Å². The maximum Gasteiger partial charge on any atom is 0.341 e. The second-order valence-electron chi connectivity index (χ2n) is 4.94. The van der Waals surface area contributed by atoms with Crippen molar-refractivity contribution >= 4 is 5.97 Å². The van der Waals surface area contributed by atoms with Gasteiger partial charge in [-0.15, -0.1) is 0 Å². The molecule has 3 aromatic rings.